The SMILES string of the molecule is CC(C)c1cnn2c(NCc3ccc(Cl)cc3)nc(N[C@@H](CO)C(C)C)nc12. The van der Waals surface area contributed by atoms with Crippen LogP contribution in [0.3, 0.4) is 0 Å². The number of aliphatic hydroxyl groups excluding tert-OH is 1. The maximum atomic E-state index is 9.66. The highest BCUT2D eigenvalue weighted by molar-refractivity contribution is 6.30. The highest BCUT2D eigenvalue weighted by Crippen LogP contribution is 2.23. The number of fused-ring (bicyclic) bond motifs is 1. The van der Waals surface area contributed by atoms with Gasteiger partial charge in [0, 0.05) is 17.1 Å². The third kappa shape index (κ3) is 4.54. The Labute approximate surface area is 170 Å². The van der Waals surface area contributed by atoms with Crippen molar-refractivity contribution in [1.82, 2.24) is 19.6 Å². The average Bonchev–Trinajstić information content (AvgIpc) is 3.09. The molecule has 0 fully saturated rings. The lowest BCUT2D eigenvalue weighted by molar-refractivity contribution is 0.248. The quantitative estimate of drug-likeness (QED) is 0.529. The molecule has 0 unspecified atom stereocenters. The summed E-state index contributed by atoms with van der Waals surface area (Å²) in [6, 6.07) is 7.53. The molecule has 1 aromatic carbocycles. The van der Waals surface area contributed by atoms with Crippen LogP contribution in [0.5, 0.6) is 0 Å². The number of rotatable bonds is 8. The van der Waals surface area contributed by atoms with Crippen molar-refractivity contribution in [2.75, 3.05) is 17.2 Å². The molecule has 8 heteroatoms. The number of hydrogen-bond donors (Lipinski definition) is 3. The van der Waals surface area contributed by atoms with E-state index in [0.29, 0.717) is 23.5 Å². The van der Waals surface area contributed by atoms with E-state index in [0.717, 1.165) is 16.8 Å². The van der Waals surface area contributed by atoms with Gasteiger partial charge in [0.05, 0.1) is 18.8 Å². The maximum Gasteiger partial charge on any atom is 0.229 e. The number of aliphatic hydroxyl groups is 1. The van der Waals surface area contributed by atoms with E-state index >= 15 is 0 Å². The second-order valence-corrected chi connectivity index (χ2v) is 7.95. The number of halogens is 1. The number of aromatic nitrogens is 4. The van der Waals surface area contributed by atoms with Crippen LogP contribution in [0.25, 0.3) is 5.65 Å². The number of nitrogens with one attached hydrogen (secondary N) is 2. The van der Waals surface area contributed by atoms with Crippen molar-refractivity contribution in [3.8, 4) is 0 Å². The zero-order valence-corrected chi connectivity index (χ0v) is 17.4. The fourth-order valence-electron chi connectivity index (χ4n) is 2.85. The fraction of sp³-hybridized carbons (Fsp3) is 0.450. The summed E-state index contributed by atoms with van der Waals surface area (Å²) in [5.41, 5.74) is 2.88. The van der Waals surface area contributed by atoms with Gasteiger partial charge in [-0.3, -0.25) is 0 Å². The monoisotopic (exact) mass is 402 g/mol. The molecule has 7 nitrogen and oxygen atoms in total. The maximum absolute atomic E-state index is 9.66. The Morgan fingerprint density at radius 2 is 1.82 bits per heavy atom. The lowest BCUT2D eigenvalue weighted by Crippen LogP contribution is -2.30. The van der Waals surface area contributed by atoms with Gasteiger partial charge in [0.15, 0.2) is 5.65 Å². The molecule has 2 heterocycles. The first-order valence-electron chi connectivity index (χ1n) is 9.50. The first-order chi connectivity index (χ1) is 13.4. The van der Waals surface area contributed by atoms with Crippen LogP contribution in [0.2, 0.25) is 5.02 Å². The molecule has 28 heavy (non-hydrogen) atoms. The van der Waals surface area contributed by atoms with Crippen LogP contribution in [0.15, 0.2) is 30.5 Å². The van der Waals surface area contributed by atoms with E-state index in [9.17, 15) is 5.11 Å². The molecule has 0 aliphatic heterocycles. The molecule has 0 bridgehead atoms. The Hall–Kier alpha value is -2.38. The van der Waals surface area contributed by atoms with Crippen molar-refractivity contribution < 1.29 is 5.11 Å². The summed E-state index contributed by atoms with van der Waals surface area (Å²) in [5.74, 6) is 1.59. The minimum atomic E-state index is -0.128. The molecule has 0 radical (unpaired) electrons. The number of hydrogen-bond acceptors (Lipinski definition) is 6. The standard InChI is InChI=1S/C20H27ClN6O/c1-12(2)16-10-23-27-18(16)25-19(24-17(11-28)13(3)4)26-20(27)22-9-14-5-7-15(21)8-6-14/h5-8,10,12-13,17,28H,9,11H2,1-4H3,(H2,22,24,25,26)/t17-/m0/s1. The van der Waals surface area contributed by atoms with Crippen molar-refractivity contribution in [3.63, 3.8) is 0 Å². The topological polar surface area (TPSA) is 87.4 Å². The Bertz CT molecular complexity index is 922. The molecular formula is C20H27ClN6O. The van der Waals surface area contributed by atoms with Crippen molar-refractivity contribution >= 4 is 29.1 Å². The molecule has 2 aromatic heterocycles. The number of benzene rings is 1. The molecule has 3 N–H and O–H groups in total. The Kier molecular flexibility index (Phi) is 6.36. The Morgan fingerprint density at radius 3 is 2.43 bits per heavy atom. The lowest BCUT2D eigenvalue weighted by atomic mass is 10.1. The van der Waals surface area contributed by atoms with Crippen LogP contribution >= 0.6 is 11.6 Å². The first kappa shape index (κ1) is 20.4. The molecule has 3 rings (SSSR count). The number of anilines is 2. The largest absolute Gasteiger partial charge is 0.394 e. The van der Waals surface area contributed by atoms with Gasteiger partial charge < -0.3 is 15.7 Å². The predicted molar refractivity (Wildman–Crippen MR) is 113 cm³/mol. The first-order valence-corrected chi connectivity index (χ1v) is 9.88. The zero-order valence-electron chi connectivity index (χ0n) is 16.6. The number of nitrogens with zero attached hydrogens (tertiary/aromatic N) is 4. The predicted octanol–water partition coefficient (Wildman–Crippen LogP) is 3.94. The zero-order chi connectivity index (χ0) is 20.3. The summed E-state index contributed by atoms with van der Waals surface area (Å²) in [6.45, 7) is 8.90. The van der Waals surface area contributed by atoms with Gasteiger partial charge in [-0.2, -0.15) is 19.6 Å². The van der Waals surface area contributed by atoms with Gasteiger partial charge in [0.2, 0.25) is 11.9 Å². The van der Waals surface area contributed by atoms with Gasteiger partial charge in [0.1, 0.15) is 0 Å². The van der Waals surface area contributed by atoms with Crippen LogP contribution < -0.4 is 10.6 Å². The van der Waals surface area contributed by atoms with E-state index in [1.54, 1.807) is 4.52 Å². The molecule has 1 atom stereocenters. The van der Waals surface area contributed by atoms with E-state index in [4.69, 9.17) is 11.6 Å². The van der Waals surface area contributed by atoms with Crippen LogP contribution in [-0.4, -0.2) is 37.3 Å². The molecule has 0 saturated heterocycles. The van der Waals surface area contributed by atoms with Gasteiger partial charge in [-0.05, 0) is 29.5 Å². The highest BCUT2D eigenvalue weighted by Gasteiger charge is 2.18. The molecular weight excluding hydrogens is 376 g/mol. The van der Waals surface area contributed by atoms with Crippen LogP contribution in [0.1, 0.15) is 44.7 Å². The Morgan fingerprint density at radius 1 is 1.11 bits per heavy atom. The van der Waals surface area contributed by atoms with E-state index < -0.39 is 0 Å². The second kappa shape index (κ2) is 8.75. The molecule has 0 saturated carbocycles. The smallest absolute Gasteiger partial charge is 0.229 e. The Balaban J connectivity index is 1.95. The molecule has 3 aromatic rings. The molecule has 0 spiro atoms. The van der Waals surface area contributed by atoms with Gasteiger partial charge in [-0.1, -0.05) is 51.4 Å². The summed E-state index contributed by atoms with van der Waals surface area (Å²) < 4.78 is 1.72. The third-order valence-electron chi connectivity index (χ3n) is 4.70. The fourth-order valence-corrected chi connectivity index (χ4v) is 2.98. The van der Waals surface area contributed by atoms with Crippen molar-refractivity contribution in [2.45, 2.75) is 46.2 Å². The van der Waals surface area contributed by atoms with E-state index in [1.807, 2.05) is 44.3 Å². The van der Waals surface area contributed by atoms with Crippen LogP contribution in [0, 0.1) is 5.92 Å². The van der Waals surface area contributed by atoms with Crippen molar-refractivity contribution in [2.24, 2.45) is 5.92 Å². The van der Waals surface area contributed by atoms with E-state index in [1.165, 1.54) is 0 Å². The lowest BCUT2D eigenvalue weighted by Gasteiger charge is -2.20. The van der Waals surface area contributed by atoms with E-state index in [-0.39, 0.29) is 24.5 Å². The summed E-state index contributed by atoms with van der Waals surface area (Å²) in [6.07, 6.45) is 1.83. The molecule has 150 valence electrons. The van der Waals surface area contributed by atoms with Gasteiger partial charge in [-0.15, -0.1) is 0 Å². The van der Waals surface area contributed by atoms with Gasteiger partial charge >= 0.3 is 0 Å². The van der Waals surface area contributed by atoms with Crippen molar-refractivity contribution in [3.05, 3.63) is 46.6 Å². The van der Waals surface area contributed by atoms with Crippen molar-refractivity contribution in [1.29, 1.82) is 0 Å². The summed E-state index contributed by atoms with van der Waals surface area (Å²) in [4.78, 5) is 9.27. The molecule has 0 aliphatic carbocycles. The third-order valence-corrected chi connectivity index (χ3v) is 4.95. The molecule has 0 aliphatic rings. The van der Waals surface area contributed by atoms with Crippen LogP contribution in [-0.2, 0) is 6.54 Å². The minimum Gasteiger partial charge on any atom is -0.394 e. The summed E-state index contributed by atoms with van der Waals surface area (Å²) >= 11 is 5.96. The second-order valence-electron chi connectivity index (χ2n) is 7.52. The van der Waals surface area contributed by atoms with E-state index in [2.05, 4.69) is 39.5 Å². The normalized spacial score (nSPS) is 12.7. The average molecular weight is 403 g/mol. The van der Waals surface area contributed by atoms with Gasteiger partial charge in [0.25, 0.3) is 0 Å². The summed E-state index contributed by atoms with van der Waals surface area (Å²) in [5, 5.41) is 21.4. The van der Waals surface area contributed by atoms with Gasteiger partial charge in [-0.25, -0.2) is 0 Å². The van der Waals surface area contributed by atoms with Crippen LogP contribution in [0.4, 0.5) is 11.9 Å². The minimum absolute atomic E-state index is 0.00996. The molecule has 0 amide bonds. The highest BCUT2D eigenvalue weighted by atomic mass is 35.5. The summed E-state index contributed by atoms with van der Waals surface area (Å²) in [7, 11) is 0.